The Hall–Kier alpha value is -3.20. The van der Waals surface area contributed by atoms with Crippen LogP contribution in [0.5, 0.6) is 5.75 Å². The quantitative estimate of drug-likeness (QED) is 0.299. The van der Waals surface area contributed by atoms with E-state index < -0.39 is 23.7 Å². The highest BCUT2D eigenvalue weighted by Crippen LogP contribution is 2.36. The lowest BCUT2D eigenvalue weighted by Gasteiger charge is -2.26. The molecule has 0 saturated carbocycles. The van der Waals surface area contributed by atoms with Gasteiger partial charge < -0.3 is 4.74 Å². The molecule has 1 aliphatic heterocycles. The fourth-order valence-electron chi connectivity index (χ4n) is 3.19. The summed E-state index contributed by atoms with van der Waals surface area (Å²) in [4.78, 5) is 38.4. The number of nitrogens with zero attached hydrogens (tertiary/aromatic N) is 1. The zero-order valence-corrected chi connectivity index (χ0v) is 20.2. The van der Waals surface area contributed by atoms with E-state index in [4.69, 9.17) is 27.9 Å². The summed E-state index contributed by atoms with van der Waals surface area (Å²) in [5, 5.41) is 2.97. The first-order chi connectivity index (χ1) is 16.2. The van der Waals surface area contributed by atoms with Crippen molar-refractivity contribution in [3.05, 3.63) is 97.7 Å². The second kappa shape index (κ2) is 9.97. The summed E-state index contributed by atoms with van der Waals surface area (Å²) in [6.45, 7) is 0.242. The average molecular weight is 564 g/mol. The maximum Gasteiger partial charge on any atom is 0.335 e. The number of anilines is 1. The highest BCUT2D eigenvalue weighted by atomic mass is 79.9. The molecule has 0 bridgehead atoms. The van der Waals surface area contributed by atoms with Gasteiger partial charge >= 0.3 is 6.03 Å². The van der Waals surface area contributed by atoms with Crippen LogP contribution in [-0.2, 0) is 16.2 Å². The van der Waals surface area contributed by atoms with Crippen LogP contribution in [-0.4, -0.2) is 17.8 Å². The molecule has 1 heterocycles. The molecule has 172 valence electrons. The standard InChI is InChI=1S/C24H14BrCl2FN2O4/c25-19-10-14(11-20(27)21(19)34-12-13-1-3-15(26)4-2-13)9-18-22(31)29-24(33)30(23(18)32)17-7-5-16(28)6-8-17/h1-11H,12H2,(H,29,31,33)/b18-9+. The van der Waals surface area contributed by atoms with Crippen LogP contribution in [0.1, 0.15) is 11.1 Å². The Morgan fingerprint density at radius 3 is 2.32 bits per heavy atom. The normalized spacial score (nSPS) is 15.0. The number of halogens is 4. The smallest absolute Gasteiger partial charge is 0.335 e. The predicted molar refractivity (Wildman–Crippen MR) is 130 cm³/mol. The van der Waals surface area contributed by atoms with Crippen LogP contribution in [0.2, 0.25) is 10.0 Å². The maximum absolute atomic E-state index is 13.2. The highest BCUT2D eigenvalue weighted by Gasteiger charge is 2.36. The van der Waals surface area contributed by atoms with Crippen molar-refractivity contribution in [3.8, 4) is 5.75 Å². The van der Waals surface area contributed by atoms with E-state index in [1.54, 1.807) is 18.2 Å². The fourth-order valence-corrected chi connectivity index (χ4v) is 4.30. The molecular formula is C24H14BrCl2FN2O4. The van der Waals surface area contributed by atoms with Crippen LogP contribution < -0.4 is 15.0 Å². The highest BCUT2D eigenvalue weighted by molar-refractivity contribution is 9.10. The number of nitrogens with one attached hydrogen (secondary N) is 1. The van der Waals surface area contributed by atoms with Crippen molar-refractivity contribution in [1.82, 2.24) is 5.32 Å². The van der Waals surface area contributed by atoms with Crippen molar-refractivity contribution >= 4 is 68.7 Å². The molecule has 0 aliphatic carbocycles. The first-order valence-corrected chi connectivity index (χ1v) is 11.3. The van der Waals surface area contributed by atoms with Gasteiger partial charge in [0.15, 0.2) is 5.75 Å². The average Bonchev–Trinajstić information content (AvgIpc) is 2.78. The van der Waals surface area contributed by atoms with Crippen molar-refractivity contribution in [2.75, 3.05) is 4.90 Å². The van der Waals surface area contributed by atoms with Gasteiger partial charge in [0.25, 0.3) is 11.8 Å². The molecule has 1 saturated heterocycles. The van der Waals surface area contributed by atoms with Crippen LogP contribution >= 0.6 is 39.1 Å². The minimum atomic E-state index is -0.927. The Morgan fingerprint density at radius 2 is 1.68 bits per heavy atom. The lowest BCUT2D eigenvalue weighted by atomic mass is 10.1. The molecule has 3 aromatic rings. The number of carbonyl (C=O) groups excluding carboxylic acids is 3. The summed E-state index contributed by atoms with van der Waals surface area (Å²) >= 11 is 15.7. The number of barbiturate groups is 1. The molecular weight excluding hydrogens is 550 g/mol. The molecule has 6 nitrogen and oxygen atoms in total. The monoisotopic (exact) mass is 562 g/mol. The van der Waals surface area contributed by atoms with E-state index in [0.717, 1.165) is 22.6 Å². The SMILES string of the molecule is O=C1NC(=O)N(c2ccc(F)cc2)C(=O)/C1=C/c1cc(Cl)c(OCc2ccc(Cl)cc2)c(Br)c1. The molecule has 1 aliphatic rings. The van der Waals surface area contributed by atoms with Crippen LogP contribution in [0.4, 0.5) is 14.9 Å². The largest absolute Gasteiger partial charge is 0.486 e. The van der Waals surface area contributed by atoms with E-state index in [0.29, 0.717) is 20.8 Å². The van der Waals surface area contributed by atoms with E-state index in [1.165, 1.54) is 24.3 Å². The number of amides is 4. The van der Waals surface area contributed by atoms with Crippen molar-refractivity contribution in [2.45, 2.75) is 6.61 Å². The molecule has 0 atom stereocenters. The first kappa shape index (κ1) is 23.9. The third kappa shape index (κ3) is 5.14. The summed E-state index contributed by atoms with van der Waals surface area (Å²) in [5.41, 5.74) is 1.13. The Balaban J connectivity index is 1.60. The Morgan fingerprint density at radius 1 is 1.00 bits per heavy atom. The van der Waals surface area contributed by atoms with Gasteiger partial charge in [-0.1, -0.05) is 35.3 Å². The van der Waals surface area contributed by atoms with Crippen LogP contribution in [0, 0.1) is 5.82 Å². The molecule has 4 rings (SSSR count). The van der Waals surface area contributed by atoms with E-state index in [9.17, 15) is 18.8 Å². The van der Waals surface area contributed by atoms with Crippen molar-refractivity contribution in [1.29, 1.82) is 0 Å². The molecule has 0 spiro atoms. The number of carbonyl (C=O) groups is 3. The van der Waals surface area contributed by atoms with E-state index >= 15 is 0 Å². The number of hydrogen-bond donors (Lipinski definition) is 1. The van der Waals surface area contributed by atoms with Gasteiger partial charge in [-0.25, -0.2) is 14.1 Å². The third-order valence-electron chi connectivity index (χ3n) is 4.81. The molecule has 1 fully saturated rings. The summed E-state index contributed by atoms with van der Waals surface area (Å²) in [7, 11) is 0. The van der Waals surface area contributed by atoms with Gasteiger partial charge in [0.05, 0.1) is 15.2 Å². The molecule has 0 unspecified atom stereocenters. The van der Waals surface area contributed by atoms with Crippen molar-refractivity contribution in [3.63, 3.8) is 0 Å². The van der Waals surface area contributed by atoms with Gasteiger partial charge in [0.1, 0.15) is 18.0 Å². The number of rotatable bonds is 5. The van der Waals surface area contributed by atoms with Gasteiger partial charge in [-0.15, -0.1) is 0 Å². The van der Waals surface area contributed by atoms with Crippen molar-refractivity contribution < 1.29 is 23.5 Å². The predicted octanol–water partition coefficient (Wildman–Crippen LogP) is 6.14. The zero-order chi connectivity index (χ0) is 24.4. The number of imide groups is 2. The van der Waals surface area contributed by atoms with Gasteiger partial charge in [-0.2, -0.15) is 0 Å². The number of benzene rings is 3. The Bertz CT molecular complexity index is 1300. The van der Waals surface area contributed by atoms with Gasteiger partial charge in [-0.05, 0) is 81.7 Å². The minimum Gasteiger partial charge on any atom is -0.486 e. The fraction of sp³-hybridized carbons (Fsp3) is 0.0417. The molecule has 1 N–H and O–H groups in total. The summed E-state index contributed by atoms with van der Waals surface area (Å²) in [6, 6.07) is 14.1. The second-order valence-electron chi connectivity index (χ2n) is 7.16. The summed E-state index contributed by atoms with van der Waals surface area (Å²) < 4.78 is 19.6. The van der Waals surface area contributed by atoms with Gasteiger partial charge in [-0.3, -0.25) is 14.9 Å². The number of urea groups is 1. The van der Waals surface area contributed by atoms with E-state index in [-0.39, 0.29) is 22.9 Å². The molecule has 3 aromatic carbocycles. The minimum absolute atomic E-state index is 0.118. The Labute approximate surface area is 212 Å². The molecule has 10 heteroatoms. The van der Waals surface area contributed by atoms with Gasteiger partial charge in [0, 0.05) is 5.02 Å². The maximum atomic E-state index is 13.2. The third-order valence-corrected chi connectivity index (χ3v) is 5.94. The lowest BCUT2D eigenvalue weighted by molar-refractivity contribution is -0.122. The second-order valence-corrected chi connectivity index (χ2v) is 8.86. The summed E-state index contributed by atoms with van der Waals surface area (Å²) in [6.07, 6.45) is 1.31. The zero-order valence-electron chi connectivity index (χ0n) is 17.2. The van der Waals surface area contributed by atoms with Gasteiger partial charge in [0.2, 0.25) is 0 Å². The van der Waals surface area contributed by atoms with E-state index in [2.05, 4.69) is 21.2 Å². The first-order valence-electron chi connectivity index (χ1n) is 9.76. The molecule has 0 radical (unpaired) electrons. The van der Waals surface area contributed by atoms with Crippen LogP contribution in [0.3, 0.4) is 0 Å². The topological polar surface area (TPSA) is 75.7 Å². The molecule has 34 heavy (non-hydrogen) atoms. The van der Waals surface area contributed by atoms with E-state index in [1.807, 2.05) is 12.1 Å². The van der Waals surface area contributed by atoms with Crippen molar-refractivity contribution in [2.24, 2.45) is 0 Å². The number of ether oxygens (including phenoxy) is 1. The Kier molecular flexibility index (Phi) is 7.02. The molecule has 0 aromatic heterocycles. The van der Waals surface area contributed by atoms with Crippen LogP contribution in [0.25, 0.3) is 6.08 Å². The summed E-state index contributed by atoms with van der Waals surface area (Å²) in [5.74, 6) is -1.86. The number of hydrogen-bond acceptors (Lipinski definition) is 4. The lowest BCUT2D eigenvalue weighted by Crippen LogP contribution is -2.54. The molecule has 4 amide bonds. The van der Waals surface area contributed by atoms with Crippen LogP contribution in [0.15, 0.2) is 70.7 Å².